The van der Waals surface area contributed by atoms with E-state index in [2.05, 4.69) is 5.32 Å². The van der Waals surface area contributed by atoms with Gasteiger partial charge in [-0.3, -0.25) is 9.59 Å². The van der Waals surface area contributed by atoms with Crippen molar-refractivity contribution >= 4 is 11.8 Å². The number of amides is 2. The number of rotatable bonds is 4. The van der Waals surface area contributed by atoms with E-state index in [4.69, 9.17) is 0 Å². The highest BCUT2D eigenvalue weighted by atomic mass is 19.4. The number of alkyl halides is 3. The fourth-order valence-corrected chi connectivity index (χ4v) is 1.48. The average molecular weight is 306 g/mol. The number of carbonyl (C=O) groups is 2. The highest BCUT2D eigenvalue weighted by Gasteiger charge is 2.31. The van der Waals surface area contributed by atoms with Crippen molar-refractivity contribution < 1.29 is 27.2 Å². The van der Waals surface area contributed by atoms with Gasteiger partial charge in [0, 0.05) is 27.1 Å². The zero-order valence-corrected chi connectivity index (χ0v) is 11.4. The van der Waals surface area contributed by atoms with Gasteiger partial charge >= 0.3 is 6.18 Å². The Labute approximate surface area is 118 Å². The summed E-state index contributed by atoms with van der Waals surface area (Å²) in [6, 6.07) is 1.59. The van der Waals surface area contributed by atoms with Crippen molar-refractivity contribution in [2.75, 3.05) is 20.6 Å². The maximum atomic E-state index is 13.4. The summed E-state index contributed by atoms with van der Waals surface area (Å²) < 4.78 is 50.9. The Hall–Kier alpha value is -2.12. The van der Waals surface area contributed by atoms with E-state index >= 15 is 0 Å². The molecule has 1 N–H and O–H groups in total. The minimum Gasteiger partial charge on any atom is -0.351 e. The van der Waals surface area contributed by atoms with Gasteiger partial charge in [-0.1, -0.05) is 0 Å². The van der Waals surface area contributed by atoms with Crippen molar-refractivity contribution in [1.29, 1.82) is 0 Å². The molecule has 0 atom stereocenters. The molecule has 1 aromatic carbocycles. The molecular formula is C13H14F4N2O2. The van der Waals surface area contributed by atoms with Crippen LogP contribution in [0.25, 0.3) is 0 Å². The van der Waals surface area contributed by atoms with Crippen LogP contribution in [0.3, 0.4) is 0 Å². The molecule has 1 aromatic rings. The minimum absolute atomic E-state index is 0.0285. The molecule has 21 heavy (non-hydrogen) atoms. The molecule has 0 radical (unpaired) electrons. The molecule has 0 aliphatic rings. The Balaban J connectivity index is 2.76. The summed E-state index contributed by atoms with van der Waals surface area (Å²) in [4.78, 5) is 24.2. The van der Waals surface area contributed by atoms with Gasteiger partial charge in [0.05, 0.1) is 11.1 Å². The molecule has 1 rings (SSSR count). The van der Waals surface area contributed by atoms with Crippen molar-refractivity contribution in [2.24, 2.45) is 0 Å². The SMILES string of the molecule is CN(C)C(=O)CCNC(=O)c1cc(C(F)(F)F)ccc1F. The number of nitrogens with one attached hydrogen (secondary N) is 1. The fourth-order valence-electron chi connectivity index (χ4n) is 1.48. The van der Waals surface area contributed by atoms with Crippen LogP contribution in [-0.4, -0.2) is 37.4 Å². The van der Waals surface area contributed by atoms with E-state index in [1.54, 1.807) is 0 Å². The van der Waals surface area contributed by atoms with E-state index in [-0.39, 0.29) is 18.9 Å². The number of carbonyl (C=O) groups excluding carboxylic acids is 2. The highest BCUT2D eigenvalue weighted by Crippen LogP contribution is 2.30. The van der Waals surface area contributed by atoms with Crippen molar-refractivity contribution in [3.63, 3.8) is 0 Å². The molecule has 0 saturated heterocycles. The smallest absolute Gasteiger partial charge is 0.351 e. The number of halogens is 4. The highest BCUT2D eigenvalue weighted by molar-refractivity contribution is 5.94. The minimum atomic E-state index is -4.66. The second kappa shape index (κ2) is 6.55. The number of hydrogen-bond donors (Lipinski definition) is 1. The summed E-state index contributed by atoms with van der Waals surface area (Å²) in [6.07, 6.45) is -4.69. The van der Waals surface area contributed by atoms with Gasteiger partial charge in [-0.25, -0.2) is 4.39 Å². The molecule has 0 aliphatic carbocycles. The van der Waals surface area contributed by atoms with Crippen molar-refractivity contribution in [1.82, 2.24) is 10.2 Å². The molecule has 2 amide bonds. The molecule has 0 bridgehead atoms. The molecule has 0 heterocycles. The average Bonchev–Trinajstić information content (AvgIpc) is 2.37. The van der Waals surface area contributed by atoms with Crippen molar-refractivity contribution in [2.45, 2.75) is 12.6 Å². The van der Waals surface area contributed by atoms with Crippen LogP contribution in [0.5, 0.6) is 0 Å². The molecular weight excluding hydrogens is 292 g/mol. The summed E-state index contributed by atoms with van der Waals surface area (Å²) in [6.45, 7) is -0.0917. The summed E-state index contributed by atoms with van der Waals surface area (Å²) in [5.41, 5.74) is -1.82. The van der Waals surface area contributed by atoms with Gasteiger partial charge in [0.15, 0.2) is 0 Å². The van der Waals surface area contributed by atoms with Gasteiger partial charge < -0.3 is 10.2 Å². The predicted molar refractivity (Wildman–Crippen MR) is 67.0 cm³/mol. The van der Waals surface area contributed by atoms with E-state index < -0.39 is 29.0 Å². The molecule has 116 valence electrons. The molecule has 0 spiro atoms. The normalized spacial score (nSPS) is 11.1. The van der Waals surface area contributed by atoms with Crippen LogP contribution in [0.2, 0.25) is 0 Å². The predicted octanol–water partition coefficient (Wildman–Crippen LogP) is 2.05. The maximum absolute atomic E-state index is 13.4. The number of nitrogens with zero attached hydrogens (tertiary/aromatic N) is 1. The molecule has 4 nitrogen and oxygen atoms in total. The second-order valence-corrected chi connectivity index (χ2v) is 4.49. The first-order chi connectivity index (χ1) is 9.62. The van der Waals surface area contributed by atoms with Crippen LogP contribution in [-0.2, 0) is 11.0 Å². The second-order valence-electron chi connectivity index (χ2n) is 4.49. The third-order valence-electron chi connectivity index (χ3n) is 2.66. The Morgan fingerprint density at radius 3 is 2.38 bits per heavy atom. The van der Waals surface area contributed by atoms with Crippen molar-refractivity contribution in [3.05, 3.63) is 35.1 Å². The van der Waals surface area contributed by atoms with Crippen LogP contribution in [0.4, 0.5) is 17.6 Å². The zero-order valence-electron chi connectivity index (χ0n) is 11.4. The lowest BCUT2D eigenvalue weighted by molar-refractivity contribution is -0.137. The lowest BCUT2D eigenvalue weighted by Gasteiger charge is -2.12. The van der Waals surface area contributed by atoms with Gasteiger partial charge in [-0.05, 0) is 18.2 Å². The Morgan fingerprint density at radius 2 is 1.86 bits per heavy atom. The van der Waals surface area contributed by atoms with Crippen molar-refractivity contribution in [3.8, 4) is 0 Å². The van der Waals surface area contributed by atoms with E-state index in [0.717, 1.165) is 0 Å². The van der Waals surface area contributed by atoms with Gasteiger partial charge in [-0.15, -0.1) is 0 Å². The molecule has 8 heteroatoms. The van der Waals surface area contributed by atoms with Crippen LogP contribution >= 0.6 is 0 Å². The molecule has 0 fully saturated rings. The molecule has 0 aromatic heterocycles. The standard InChI is InChI=1S/C13H14F4N2O2/c1-19(2)11(20)5-6-18-12(21)9-7-8(13(15,16)17)3-4-10(9)14/h3-4,7H,5-6H2,1-2H3,(H,18,21). The molecule has 0 aliphatic heterocycles. The lowest BCUT2D eigenvalue weighted by Crippen LogP contribution is -2.30. The Bertz CT molecular complexity index is 541. The summed E-state index contributed by atoms with van der Waals surface area (Å²) in [5, 5.41) is 2.21. The fraction of sp³-hybridized carbons (Fsp3) is 0.385. The number of benzene rings is 1. The van der Waals surface area contributed by atoms with E-state index in [1.165, 1.54) is 19.0 Å². The van der Waals surface area contributed by atoms with E-state index in [9.17, 15) is 27.2 Å². The first-order valence-corrected chi connectivity index (χ1v) is 5.98. The molecule has 0 saturated carbocycles. The van der Waals surface area contributed by atoms with Crippen LogP contribution in [0.15, 0.2) is 18.2 Å². The number of hydrogen-bond acceptors (Lipinski definition) is 2. The topological polar surface area (TPSA) is 49.4 Å². The largest absolute Gasteiger partial charge is 0.416 e. The van der Waals surface area contributed by atoms with Gasteiger partial charge in [0.25, 0.3) is 5.91 Å². The first kappa shape index (κ1) is 16.9. The van der Waals surface area contributed by atoms with Crippen LogP contribution in [0.1, 0.15) is 22.3 Å². The molecule has 0 unspecified atom stereocenters. The lowest BCUT2D eigenvalue weighted by atomic mass is 10.1. The Kier molecular flexibility index (Phi) is 5.28. The Morgan fingerprint density at radius 1 is 1.24 bits per heavy atom. The van der Waals surface area contributed by atoms with Gasteiger partial charge in [-0.2, -0.15) is 13.2 Å². The summed E-state index contributed by atoms with van der Waals surface area (Å²) in [7, 11) is 3.05. The van der Waals surface area contributed by atoms with Gasteiger partial charge in [0.2, 0.25) is 5.91 Å². The van der Waals surface area contributed by atoms with Gasteiger partial charge in [0.1, 0.15) is 5.82 Å². The monoisotopic (exact) mass is 306 g/mol. The maximum Gasteiger partial charge on any atom is 0.416 e. The van der Waals surface area contributed by atoms with E-state index in [0.29, 0.717) is 18.2 Å². The van der Waals surface area contributed by atoms with Crippen LogP contribution < -0.4 is 5.32 Å². The van der Waals surface area contributed by atoms with E-state index in [1.807, 2.05) is 0 Å². The summed E-state index contributed by atoms with van der Waals surface area (Å²) >= 11 is 0. The quantitative estimate of drug-likeness (QED) is 0.866. The first-order valence-electron chi connectivity index (χ1n) is 5.98. The third kappa shape index (κ3) is 4.73. The van der Waals surface area contributed by atoms with Crippen LogP contribution in [0, 0.1) is 5.82 Å². The zero-order chi connectivity index (χ0) is 16.2. The summed E-state index contributed by atoms with van der Waals surface area (Å²) in [5.74, 6) is -2.32. The third-order valence-corrected chi connectivity index (χ3v) is 2.66.